The molecular weight excluding hydrogens is 324 g/mol. The number of fused-ring (bicyclic) bond motifs is 3. The van der Waals surface area contributed by atoms with Gasteiger partial charge in [-0.1, -0.05) is 39.2 Å². The first-order valence-electron chi connectivity index (χ1n) is 6.33. The second-order valence-corrected chi connectivity index (χ2v) is 6.40. The molecule has 7 heteroatoms. The Kier molecular flexibility index (Phi) is 3.11. The summed E-state index contributed by atoms with van der Waals surface area (Å²) in [7, 11) is 1.39. The lowest BCUT2D eigenvalue weighted by Crippen LogP contribution is -2.40. The number of nitrogens with zero attached hydrogens (tertiary/aromatic N) is 4. The summed E-state index contributed by atoms with van der Waals surface area (Å²) in [5.74, 6) is 0. The zero-order chi connectivity index (χ0) is 14.3. The monoisotopic (exact) mass is 336 g/mol. The summed E-state index contributed by atoms with van der Waals surface area (Å²) in [6.45, 7) is 0.660. The van der Waals surface area contributed by atoms with E-state index in [0.29, 0.717) is 18.7 Å². The molecule has 1 heterocycles. The van der Waals surface area contributed by atoms with Gasteiger partial charge in [-0.05, 0) is 29.5 Å². The van der Waals surface area contributed by atoms with Crippen molar-refractivity contribution in [2.75, 3.05) is 13.7 Å². The number of ether oxygens (including phenoxy) is 1. The molecule has 1 aliphatic heterocycles. The summed E-state index contributed by atoms with van der Waals surface area (Å²) in [5.41, 5.74) is 11.4. The molecular formula is C13H13BrN4O2. The van der Waals surface area contributed by atoms with Crippen LogP contribution >= 0.6 is 15.9 Å². The molecule has 1 aromatic rings. The highest BCUT2D eigenvalue weighted by Gasteiger charge is 2.54. The minimum absolute atomic E-state index is 0.00000661. The van der Waals surface area contributed by atoms with Gasteiger partial charge in [0.2, 0.25) is 0 Å². The molecule has 0 aromatic heterocycles. The second-order valence-electron chi connectivity index (χ2n) is 4.99. The van der Waals surface area contributed by atoms with Crippen LogP contribution in [-0.2, 0) is 15.5 Å². The first-order chi connectivity index (χ1) is 9.61. The number of carbonyl (C=O) groups is 1. The predicted molar refractivity (Wildman–Crippen MR) is 77.1 cm³/mol. The van der Waals surface area contributed by atoms with E-state index in [1.54, 1.807) is 11.0 Å². The van der Waals surface area contributed by atoms with Gasteiger partial charge in [0.1, 0.15) is 0 Å². The number of alkyl halides is 1. The van der Waals surface area contributed by atoms with E-state index in [-0.39, 0.29) is 16.5 Å². The quantitative estimate of drug-likeness (QED) is 0.340. The molecule has 1 amide bonds. The molecule has 1 aliphatic carbocycles. The summed E-state index contributed by atoms with van der Waals surface area (Å²) >= 11 is 3.81. The summed E-state index contributed by atoms with van der Waals surface area (Å²) in [6.07, 6.45) is 1.18. The molecule has 3 rings (SSSR count). The summed E-state index contributed by atoms with van der Waals surface area (Å²) in [4.78, 5) is 16.5. The molecule has 6 nitrogen and oxygen atoms in total. The van der Waals surface area contributed by atoms with Crippen molar-refractivity contribution >= 4 is 27.7 Å². The standard InChI is InChI=1S/C13H13BrN4O2/c1-20-12(19)18-6-5-13(14)9-3-2-4-10(16-17-15)8(9)7-11(13)18/h2-4,11H,5-7H2,1H3/t11-,13-/m1/s1. The number of benzene rings is 1. The second kappa shape index (κ2) is 4.68. The molecule has 2 aliphatic rings. The van der Waals surface area contributed by atoms with Crippen LogP contribution in [0.2, 0.25) is 0 Å². The molecule has 0 unspecified atom stereocenters. The van der Waals surface area contributed by atoms with Gasteiger partial charge >= 0.3 is 6.09 Å². The van der Waals surface area contributed by atoms with Gasteiger partial charge in [-0.3, -0.25) is 0 Å². The molecule has 20 heavy (non-hydrogen) atoms. The minimum Gasteiger partial charge on any atom is -0.453 e. The fraction of sp³-hybridized carbons (Fsp3) is 0.462. The number of hydrogen-bond donors (Lipinski definition) is 0. The Morgan fingerprint density at radius 3 is 3.15 bits per heavy atom. The average molecular weight is 337 g/mol. The number of likely N-dealkylation sites (tertiary alicyclic amines) is 1. The van der Waals surface area contributed by atoms with E-state index in [2.05, 4.69) is 26.0 Å². The van der Waals surface area contributed by atoms with Gasteiger partial charge in [-0.15, -0.1) is 0 Å². The van der Waals surface area contributed by atoms with Crippen molar-refractivity contribution in [2.45, 2.75) is 23.2 Å². The van der Waals surface area contributed by atoms with Gasteiger partial charge in [0.15, 0.2) is 0 Å². The lowest BCUT2D eigenvalue weighted by atomic mass is 9.97. The molecule has 0 saturated carbocycles. The van der Waals surface area contributed by atoms with E-state index < -0.39 is 0 Å². The Labute approximate surface area is 124 Å². The zero-order valence-corrected chi connectivity index (χ0v) is 12.5. The van der Waals surface area contributed by atoms with Crippen LogP contribution in [-0.4, -0.2) is 30.7 Å². The van der Waals surface area contributed by atoms with Crippen LogP contribution in [0.25, 0.3) is 10.4 Å². The molecule has 2 atom stereocenters. The normalized spacial score (nSPS) is 26.7. The first-order valence-corrected chi connectivity index (χ1v) is 7.12. The van der Waals surface area contributed by atoms with Gasteiger partial charge in [0.25, 0.3) is 0 Å². The fourth-order valence-electron chi connectivity index (χ4n) is 3.29. The van der Waals surface area contributed by atoms with Crippen LogP contribution in [0, 0.1) is 0 Å². The average Bonchev–Trinajstić information content (AvgIpc) is 2.92. The fourth-order valence-corrected chi connectivity index (χ4v) is 4.25. The highest BCUT2D eigenvalue weighted by molar-refractivity contribution is 9.09. The summed E-state index contributed by atoms with van der Waals surface area (Å²) < 4.78 is 4.58. The molecule has 0 N–H and O–H groups in total. The third kappa shape index (κ3) is 1.70. The van der Waals surface area contributed by atoms with Gasteiger partial charge in [-0.2, -0.15) is 0 Å². The highest BCUT2D eigenvalue weighted by atomic mass is 79.9. The number of amides is 1. The maximum absolute atomic E-state index is 11.9. The topological polar surface area (TPSA) is 78.3 Å². The number of methoxy groups -OCH3 is 1. The van der Waals surface area contributed by atoms with Crippen molar-refractivity contribution in [1.82, 2.24) is 4.90 Å². The lowest BCUT2D eigenvalue weighted by Gasteiger charge is -2.27. The Balaban J connectivity index is 2.06. The smallest absolute Gasteiger partial charge is 0.409 e. The van der Waals surface area contributed by atoms with Gasteiger partial charge < -0.3 is 9.64 Å². The lowest BCUT2D eigenvalue weighted by molar-refractivity contribution is 0.118. The minimum atomic E-state index is -0.311. The van der Waals surface area contributed by atoms with Gasteiger partial charge in [0.05, 0.1) is 17.5 Å². The van der Waals surface area contributed by atoms with E-state index in [0.717, 1.165) is 17.5 Å². The summed E-state index contributed by atoms with van der Waals surface area (Å²) in [5, 5.41) is 3.75. The molecule has 1 fully saturated rings. The van der Waals surface area contributed by atoms with Crippen molar-refractivity contribution in [3.05, 3.63) is 39.8 Å². The van der Waals surface area contributed by atoms with Crippen LogP contribution in [0.3, 0.4) is 0 Å². The van der Waals surface area contributed by atoms with Crippen molar-refractivity contribution in [3.8, 4) is 0 Å². The van der Waals surface area contributed by atoms with Crippen molar-refractivity contribution in [2.24, 2.45) is 5.11 Å². The number of halogens is 1. The Bertz CT molecular complexity index is 629. The maximum Gasteiger partial charge on any atom is 0.409 e. The Morgan fingerprint density at radius 2 is 2.45 bits per heavy atom. The van der Waals surface area contributed by atoms with E-state index in [1.165, 1.54) is 7.11 Å². The molecule has 104 valence electrons. The maximum atomic E-state index is 11.9. The first kappa shape index (κ1) is 13.3. The predicted octanol–water partition coefficient (Wildman–Crippen LogP) is 3.62. The third-order valence-corrected chi connectivity index (χ3v) is 5.53. The van der Waals surface area contributed by atoms with E-state index in [1.807, 2.05) is 12.1 Å². The van der Waals surface area contributed by atoms with Crippen molar-refractivity contribution in [3.63, 3.8) is 0 Å². The Morgan fingerprint density at radius 1 is 1.65 bits per heavy atom. The molecule has 0 bridgehead atoms. The zero-order valence-electron chi connectivity index (χ0n) is 10.9. The van der Waals surface area contributed by atoms with Crippen molar-refractivity contribution < 1.29 is 9.53 Å². The SMILES string of the molecule is COC(=O)N1CC[C@@]2(Br)c3cccc(N=[N+]=[N-])c3C[C@@H]12. The van der Waals surface area contributed by atoms with Crippen LogP contribution in [0.4, 0.5) is 10.5 Å². The van der Waals surface area contributed by atoms with E-state index in [4.69, 9.17) is 10.3 Å². The highest BCUT2D eigenvalue weighted by Crippen LogP contribution is 2.54. The molecule has 1 aromatic carbocycles. The molecule has 0 spiro atoms. The summed E-state index contributed by atoms with van der Waals surface area (Å²) in [6, 6.07) is 5.72. The number of rotatable bonds is 1. The number of hydrogen-bond acceptors (Lipinski definition) is 3. The van der Waals surface area contributed by atoms with Crippen LogP contribution < -0.4 is 0 Å². The van der Waals surface area contributed by atoms with Crippen LogP contribution in [0.5, 0.6) is 0 Å². The molecule has 1 saturated heterocycles. The van der Waals surface area contributed by atoms with E-state index in [9.17, 15) is 4.79 Å². The van der Waals surface area contributed by atoms with Gasteiger partial charge in [0, 0.05) is 17.1 Å². The van der Waals surface area contributed by atoms with Crippen molar-refractivity contribution in [1.29, 1.82) is 0 Å². The third-order valence-electron chi connectivity index (χ3n) is 4.18. The van der Waals surface area contributed by atoms with Gasteiger partial charge in [-0.25, -0.2) is 4.79 Å². The van der Waals surface area contributed by atoms with Crippen LogP contribution in [0.15, 0.2) is 23.3 Å². The largest absolute Gasteiger partial charge is 0.453 e. The number of carbonyl (C=O) groups excluding carboxylic acids is 1. The van der Waals surface area contributed by atoms with E-state index >= 15 is 0 Å². The molecule has 0 radical (unpaired) electrons. The van der Waals surface area contributed by atoms with Crippen LogP contribution in [0.1, 0.15) is 17.5 Å². The number of azide groups is 1. The Hall–Kier alpha value is -1.72.